The fourth-order valence-electron chi connectivity index (χ4n) is 1.84. The zero-order valence-corrected chi connectivity index (χ0v) is 11.6. The Morgan fingerprint density at radius 3 is 2.89 bits per heavy atom. The lowest BCUT2D eigenvalue weighted by Crippen LogP contribution is -2.33. The van der Waals surface area contributed by atoms with E-state index in [0.29, 0.717) is 29.9 Å². The minimum Gasteiger partial charge on any atom is -0.366 e. The highest BCUT2D eigenvalue weighted by molar-refractivity contribution is 6.33. The van der Waals surface area contributed by atoms with Crippen LogP contribution in [0.15, 0.2) is 28.8 Å². The minimum atomic E-state index is -0.178. The zero-order valence-electron chi connectivity index (χ0n) is 10.0. The van der Waals surface area contributed by atoms with Crippen molar-refractivity contribution in [3.8, 4) is 11.4 Å². The first-order valence-corrected chi connectivity index (χ1v) is 6.13. The molecule has 0 radical (unpaired) electrons. The van der Waals surface area contributed by atoms with Gasteiger partial charge in [-0.25, -0.2) is 0 Å². The molecule has 1 fully saturated rings. The molecule has 1 saturated heterocycles. The minimum absolute atomic E-state index is 0. The van der Waals surface area contributed by atoms with Gasteiger partial charge in [-0.1, -0.05) is 28.9 Å². The number of rotatable bonds is 2. The lowest BCUT2D eigenvalue weighted by atomic mass is 10.2. The average Bonchev–Trinajstić information content (AvgIpc) is 2.90. The highest BCUT2D eigenvalue weighted by Crippen LogP contribution is 2.26. The smallest absolute Gasteiger partial charge is 0.257 e. The molecule has 7 heteroatoms. The molecule has 3 rings (SSSR count). The number of ether oxygens (including phenoxy) is 1. The highest BCUT2D eigenvalue weighted by Gasteiger charge is 2.22. The number of aromatic nitrogens is 2. The van der Waals surface area contributed by atoms with Gasteiger partial charge in [-0.3, -0.25) is 0 Å². The van der Waals surface area contributed by atoms with Crippen molar-refractivity contribution >= 4 is 24.0 Å². The molecule has 0 spiro atoms. The van der Waals surface area contributed by atoms with Crippen LogP contribution in [0.25, 0.3) is 11.4 Å². The van der Waals surface area contributed by atoms with E-state index in [1.54, 1.807) is 6.07 Å². The summed E-state index contributed by atoms with van der Waals surface area (Å²) < 4.78 is 10.8. The van der Waals surface area contributed by atoms with Crippen LogP contribution >= 0.6 is 24.0 Å². The molecule has 0 amide bonds. The molecule has 1 atom stereocenters. The first-order valence-electron chi connectivity index (χ1n) is 5.75. The average molecular weight is 302 g/mol. The van der Waals surface area contributed by atoms with Gasteiger partial charge in [-0.15, -0.1) is 12.4 Å². The third-order valence-electron chi connectivity index (χ3n) is 2.76. The summed E-state index contributed by atoms with van der Waals surface area (Å²) in [4.78, 5) is 4.34. The van der Waals surface area contributed by atoms with Gasteiger partial charge in [0.1, 0.15) is 6.10 Å². The largest absolute Gasteiger partial charge is 0.366 e. The normalized spacial score (nSPS) is 18.9. The van der Waals surface area contributed by atoms with Crippen molar-refractivity contribution in [2.45, 2.75) is 6.10 Å². The van der Waals surface area contributed by atoms with Crippen molar-refractivity contribution in [1.82, 2.24) is 15.5 Å². The maximum atomic E-state index is 6.09. The van der Waals surface area contributed by atoms with Crippen LogP contribution in [0, 0.1) is 0 Å². The van der Waals surface area contributed by atoms with Crippen molar-refractivity contribution in [2.24, 2.45) is 0 Å². The molecular weight excluding hydrogens is 289 g/mol. The van der Waals surface area contributed by atoms with Gasteiger partial charge < -0.3 is 14.6 Å². The van der Waals surface area contributed by atoms with E-state index in [-0.39, 0.29) is 18.5 Å². The monoisotopic (exact) mass is 301 g/mol. The number of nitrogens with zero attached hydrogens (tertiary/aromatic N) is 2. The maximum Gasteiger partial charge on any atom is 0.257 e. The van der Waals surface area contributed by atoms with Crippen LogP contribution in [0.3, 0.4) is 0 Å². The summed E-state index contributed by atoms with van der Waals surface area (Å²) in [6.07, 6.45) is -0.178. The first-order chi connectivity index (χ1) is 8.84. The van der Waals surface area contributed by atoms with Crippen LogP contribution in [0.5, 0.6) is 0 Å². The summed E-state index contributed by atoms with van der Waals surface area (Å²) in [5.74, 6) is 0.974. The number of nitrogens with one attached hydrogen (secondary N) is 1. The Balaban J connectivity index is 0.00000133. The number of morpholine rings is 1. The summed E-state index contributed by atoms with van der Waals surface area (Å²) in [6.45, 7) is 2.18. The van der Waals surface area contributed by atoms with E-state index < -0.39 is 0 Å². The van der Waals surface area contributed by atoms with Gasteiger partial charge >= 0.3 is 0 Å². The van der Waals surface area contributed by atoms with Gasteiger partial charge in [0.25, 0.3) is 5.89 Å². The van der Waals surface area contributed by atoms with Crippen molar-refractivity contribution in [3.05, 3.63) is 35.2 Å². The topological polar surface area (TPSA) is 60.2 Å². The standard InChI is InChI=1S/C12H12ClN3O2.ClH/c13-9-4-2-1-3-8(9)11-15-12(18-16-11)10-7-14-5-6-17-10;/h1-4,10,14H,5-7H2;1H/t10-;/m0./s1. The Morgan fingerprint density at radius 2 is 2.16 bits per heavy atom. The molecule has 1 aliphatic heterocycles. The van der Waals surface area contributed by atoms with E-state index in [9.17, 15) is 0 Å². The summed E-state index contributed by atoms with van der Waals surface area (Å²) in [5, 5.41) is 7.76. The molecule has 1 aromatic carbocycles. The highest BCUT2D eigenvalue weighted by atomic mass is 35.5. The van der Waals surface area contributed by atoms with Crippen molar-refractivity contribution in [3.63, 3.8) is 0 Å². The van der Waals surface area contributed by atoms with E-state index in [1.807, 2.05) is 18.2 Å². The first kappa shape index (κ1) is 14.3. The molecule has 0 bridgehead atoms. The predicted molar refractivity (Wildman–Crippen MR) is 73.6 cm³/mol. The fraction of sp³-hybridized carbons (Fsp3) is 0.333. The number of benzene rings is 1. The van der Waals surface area contributed by atoms with Crippen LogP contribution in [0.4, 0.5) is 0 Å². The molecule has 2 aromatic rings. The molecule has 0 unspecified atom stereocenters. The molecule has 0 aliphatic carbocycles. The van der Waals surface area contributed by atoms with Crippen molar-refractivity contribution < 1.29 is 9.26 Å². The van der Waals surface area contributed by atoms with Gasteiger partial charge in [0.15, 0.2) is 0 Å². The molecule has 1 aliphatic rings. The molecule has 19 heavy (non-hydrogen) atoms. The van der Waals surface area contributed by atoms with Crippen molar-refractivity contribution in [2.75, 3.05) is 19.7 Å². The number of hydrogen-bond donors (Lipinski definition) is 1. The summed E-state index contributed by atoms with van der Waals surface area (Å²) >= 11 is 6.09. The second-order valence-corrected chi connectivity index (χ2v) is 4.41. The van der Waals surface area contributed by atoms with Crippen LogP contribution in [0.2, 0.25) is 5.02 Å². The summed E-state index contributed by atoms with van der Waals surface area (Å²) in [7, 11) is 0. The molecule has 0 saturated carbocycles. The zero-order chi connectivity index (χ0) is 12.4. The van der Waals surface area contributed by atoms with Crippen LogP contribution in [-0.2, 0) is 4.74 Å². The number of halogens is 2. The summed E-state index contributed by atoms with van der Waals surface area (Å²) in [6, 6.07) is 7.40. The van der Waals surface area contributed by atoms with Crippen LogP contribution < -0.4 is 5.32 Å². The quantitative estimate of drug-likeness (QED) is 0.923. The third kappa shape index (κ3) is 3.06. The Bertz CT molecular complexity index is 541. The van der Waals surface area contributed by atoms with E-state index in [0.717, 1.165) is 12.1 Å². The Morgan fingerprint density at radius 1 is 1.32 bits per heavy atom. The Hall–Kier alpha value is -1.14. The van der Waals surface area contributed by atoms with Gasteiger partial charge in [0, 0.05) is 18.7 Å². The fourth-order valence-corrected chi connectivity index (χ4v) is 2.06. The summed E-state index contributed by atoms with van der Waals surface area (Å²) in [5.41, 5.74) is 0.762. The van der Waals surface area contributed by atoms with Crippen molar-refractivity contribution in [1.29, 1.82) is 0 Å². The van der Waals surface area contributed by atoms with Crippen LogP contribution in [0.1, 0.15) is 12.0 Å². The molecule has 102 valence electrons. The van der Waals surface area contributed by atoms with Gasteiger partial charge in [-0.2, -0.15) is 4.98 Å². The predicted octanol–water partition coefficient (Wildman–Crippen LogP) is 2.47. The molecule has 2 heterocycles. The van der Waals surface area contributed by atoms with Crippen LogP contribution in [-0.4, -0.2) is 29.8 Å². The molecule has 1 N–H and O–H groups in total. The van der Waals surface area contributed by atoms with Gasteiger partial charge in [-0.05, 0) is 12.1 Å². The number of hydrogen-bond acceptors (Lipinski definition) is 5. The molecule has 5 nitrogen and oxygen atoms in total. The SMILES string of the molecule is Cl.Clc1ccccc1-c1noc([C@@H]2CNCCO2)n1. The Labute approximate surface area is 121 Å². The van der Waals surface area contributed by atoms with E-state index in [1.165, 1.54) is 0 Å². The van der Waals surface area contributed by atoms with Gasteiger partial charge in [0.2, 0.25) is 5.82 Å². The molecular formula is C12H13Cl2N3O2. The lowest BCUT2D eigenvalue weighted by molar-refractivity contribution is 0.00755. The van der Waals surface area contributed by atoms with E-state index in [4.69, 9.17) is 20.9 Å². The second-order valence-electron chi connectivity index (χ2n) is 4.00. The van der Waals surface area contributed by atoms with E-state index in [2.05, 4.69) is 15.5 Å². The maximum absolute atomic E-state index is 6.09. The lowest BCUT2D eigenvalue weighted by Gasteiger charge is -2.19. The third-order valence-corrected chi connectivity index (χ3v) is 3.09. The Kier molecular flexibility index (Phi) is 4.76. The van der Waals surface area contributed by atoms with Gasteiger partial charge in [0.05, 0.1) is 11.6 Å². The second kappa shape index (κ2) is 6.34. The van der Waals surface area contributed by atoms with E-state index >= 15 is 0 Å². The molecule has 1 aromatic heterocycles.